The summed E-state index contributed by atoms with van der Waals surface area (Å²) in [6.07, 6.45) is 5.64. The Bertz CT molecular complexity index is 1760. The van der Waals surface area contributed by atoms with E-state index in [4.69, 9.17) is 18.8 Å². The Hall–Kier alpha value is -4.58. The zero-order valence-corrected chi connectivity index (χ0v) is 22.6. The molecule has 0 unspecified atom stereocenters. The molecular formula is C34H30N2O4. The summed E-state index contributed by atoms with van der Waals surface area (Å²) in [5, 5.41) is 19.8. The highest BCUT2D eigenvalue weighted by Crippen LogP contribution is 2.46. The van der Waals surface area contributed by atoms with Crippen molar-refractivity contribution in [3.63, 3.8) is 0 Å². The maximum Gasteiger partial charge on any atom is 0.227 e. The molecule has 2 aromatic heterocycles. The minimum atomic E-state index is -0.150. The van der Waals surface area contributed by atoms with Gasteiger partial charge in [-0.25, -0.2) is 9.97 Å². The number of aromatic hydroxyl groups is 2. The van der Waals surface area contributed by atoms with Crippen LogP contribution in [0, 0.1) is 13.8 Å². The van der Waals surface area contributed by atoms with Crippen LogP contribution in [0.2, 0.25) is 0 Å². The number of rotatable bonds is 4. The Kier molecular flexibility index (Phi) is 5.66. The molecular weight excluding hydrogens is 500 g/mol. The smallest absolute Gasteiger partial charge is 0.227 e. The molecule has 0 aliphatic heterocycles. The average Bonchev–Trinajstić information content (AvgIpc) is 3.60. The highest BCUT2D eigenvalue weighted by molar-refractivity contribution is 5.80. The van der Waals surface area contributed by atoms with Gasteiger partial charge < -0.3 is 19.0 Å². The second kappa shape index (κ2) is 9.26. The van der Waals surface area contributed by atoms with Gasteiger partial charge in [-0.3, -0.25) is 0 Å². The van der Waals surface area contributed by atoms with Crippen LogP contribution in [-0.2, 0) is 5.41 Å². The number of phenolic OH excluding ortho intramolecular Hbond substituents is 2. The minimum Gasteiger partial charge on any atom is -0.508 e. The van der Waals surface area contributed by atoms with Gasteiger partial charge in [0.1, 0.15) is 22.5 Å². The number of hydrogen-bond donors (Lipinski definition) is 2. The third-order valence-electron chi connectivity index (χ3n) is 8.47. The number of phenols is 2. The standard InChI is InChI=1S/C34H30N2O4/c1-20-16-22(6-10-28(20)37)32-35-26-18-24(8-12-30(26)39-32)34(14-4-3-5-15-34)25-9-13-31-27(19-25)36-33(40-31)23-7-11-29(38)21(2)17-23/h6-13,16-19,37-38H,3-5,14-15H2,1-2H3. The van der Waals surface area contributed by atoms with Crippen LogP contribution in [0.4, 0.5) is 0 Å². The van der Waals surface area contributed by atoms with Gasteiger partial charge in [0.25, 0.3) is 0 Å². The molecule has 6 heteroatoms. The number of nitrogens with zero attached hydrogens (tertiary/aromatic N) is 2. The molecule has 0 amide bonds. The molecule has 7 rings (SSSR count). The van der Waals surface area contributed by atoms with E-state index in [-0.39, 0.29) is 16.9 Å². The summed E-state index contributed by atoms with van der Waals surface area (Å²) in [6.45, 7) is 3.74. The molecule has 0 spiro atoms. The van der Waals surface area contributed by atoms with Gasteiger partial charge in [0.05, 0.1) is 0 Å². The third-order valence-corrected chi connectivity index (χ3v) is 8.47. The number of hydrogen-bond acceptors (Lipinski definition) is 6. The Balaban J connectivity index is 1.30. The zero-order valence-electron chi connectivity index (χ0n) is 22.6. The lowest BCUT2D eigenvalue weighted by Gasteiger charge is -2.38. The SMILES string of the molecule is Cc1cc(-c2nc3cc(C4(c5ccc6oc(-c7ccc(O)c(C)c7)nc6c5)CCCCC4)ccc3o2)ccc1O. The van der Waals surface area contributed by atoms with E-state index in [0.717, 1.165) is 70.1 Å². The molecule has 6 nitrogen and oxygen atoms in total. The maximum atomic E-state index is 9.92. The molecule has 40 heavy (non-hydrogen) atoms. The fourth-order valence-electron chi connectivity index (χ4n) is 6.17. The number of fused-ring (bicyclic) bond motifs is 2. The number of oxazole rings is 2. The molecule has 2 heterocycles. The molecule has 0 saturated heterocycles. The highest BCUT2D eigenvalue weighted by Gasteiger charge is 2.36. The predicted octanol–water partition coefficient (Wildman–Crippen LogP) is 8.58. The quantitative estimate of drug-likeness (QED) is 0.237. The third kappa shape index (κ3) is 4.02. The van der Waals surface area contributed by atoms with Crippen molar-refractivity contribution < 1.29 is 19.0 Å². The first-order chi connectivity index (χ1) is 19.4. The van der Waals surface area contributed by atoms with Crippen LogP contribution in [0.15, 0.2) is 81.6 Å². The van der Waals surface area contributed by atoms with Crippen LogP contribution >= 0.6 is 0 Å². The fourth-order valence-corrected chi connectivity index (χ4v) is 6.17. The molecule has 0 radical (unpaired) electrons. The summed E-state index contributed by atoms with van der Waals surface area (Å²) in [6, 6.07) is 23.6. The lowest BCUT2D eigenvalue weighted by molar-refractivity contribution is 0.346. The summed E-state index contributed by atoms with van der Waals surface area (Å²) >= 11 is 0. The molecule has 2 N–H and O–H groups in total. The molecule has 1 aliphatic carbocycles. The van der Waals surface area contributed by atoms with Crippen LogP contribution in [0.25, 0.3) is 45.1 Å². The van der Waals surface area contributed by atoms with Crippen molar-refractivity contribution in [1.82, 2.24) is 9.97 Å². The van der Waals surface area contributed by atoms with Gasteiger partial charge >= 0.3 is 0 Å². The minimum absolute atomic E-state index is 0.150. The largest absolute Gasteiger partial charge is 0.508 e. The zero-order chi connectivity index (χ0) is 27.4. The molecule has 0 atom stereocenters. The molecule has 4 aromatic carbocycles. The predicted molar refractivity (Wildman–Crippen MR) is 156 cm³/mol. The topological polar surface area (TPSA) is 92.5 Å². The van der Waals surface area contributed by atoms with E-state index in [1.54, 1.807) is 12.1 Å². The van der Waals surface area contributed by atoms with Crippen molar-refractivity contribution in [3.05, 3.63) is 95.1 Å². The van der Waals surface area contributed by atoms with Crippen molar-refractivity contribution in [2.24, 2.45) is 0 Å². The molecule has 1 saturated carbocycles. The summed E-state index contributed by atoms with van der Waals surface area (Å²) in [5.74, 6) is 1.62. The second-order valence-electron chi connectivity index (χ2n) is 11.0. The van der Waals surface area contributed by atoms with Gasteiger partial charge in [-0.1, -0.05) is 31.4 Å². The summed E-state index contributed by atoms with van der Waals surface area (Å²) in [4.78, 5) is 9.68. The highest BCUT2D eigenvalue weighted by atomic mass is 16.4. The van der Waals surface area contributed by atoms with E-state index >= 15 is 0 Å². The van der Waals surface area contributed by atoms with Crippen molar-refractivity contribution in [2.75, 3.05) is 0 Å². The summed E-state index contributed by atoms with van der Waals surface area (Å²) < 4.78 is 12.2. The second-order valence-corrected chi connectivity index (χ2v) is 11.0. The Morgan fingerprint density at radius 3 is 1.52 bits per heavy atom. The van der Waals surface area contributed by atoms with Gasteiger partial charge in [0, 0.05) is 16.5 Å². The van der Waals surface area contributed by atoms with Gasteiger partial charge in [0.15, 0.2) is 11.2 Å². The first-order valence-corrected chi connectivity index (χ1v) is 13.8. The number of benzene rings is 4. The summed E-state index contributed by atoms with van der Waals surface area (Å²) in [7, 11) is 0. The molecule has 0 bridgehead atoms. The van der Waals surface area contributed by atoms with E-state index in [2.05, 4.69) is 24.3 Å². The molecule has 1 fully saturated rings. The fraction of sp³-hybridized carbons (Fsp3) is 0.235. The monoisotopic (exact) mass is 530 g/mol. The van der Waals surface area contributed by atoms with E-state index in [1.807, 2.05) is 50.2 Å². The van der Waals surface area contributed by atoms with E-state index < -0.39 is 0 Å². The van der Waals surface area contributed by atoms with Crippen LogP contribution in [0.5, 0.6) is 11.5 Å². The van der Waals surface area contributed by atoms with Crippen LogP contribution in [0.3, 0.4) is 0 Å². The number of aromatic nitrogens is 2. The average molecular weight is 531 g/mol. The molecule has 6 aromatic rings. The summed E-state index contributed by atoms with van der Waals surface area (Å²) in [5.41, 5.74) is 8.73. The van der Waals surface area contributed by atoms with Crippen molar-refractivity contribution in [2.45, 2.75) is 51.4 Å². The van der Waals surface area contributed by atoms with Crippen LogP contribution in [0.1, 0.15) is 54.4 Å². The molecule has 1 aliphatic rings. The Morgan fingerprint density at radius 2 is 1.07 bits per heavy atom. The van der Waals surface area contributed by atoms with E-state index in [9.17, 15) is 10.2 Å². The van der Waals surface area contributed by atoms with Crippen molar-refractivity contribution in [1.29, 1.82) is 0 Å². The van der Waals surface area contributed by atoms with Gasteiger partial charge in [0.2, 0.25) is 11.8 Å². The lowest BCUT2D eigenvalue weighted by atomic mass is 9.65. The van der Waals surface area contributed by atoms with Crippen LogP contribution < -0.4 is 0 Å². The first-order valence-electron chi connectivity index (χ1n) is 13.8. The lowest BCUT2D eigenvalue weighted by Crippen LogP contribution is -2.30. The Morgan fingerprint density at radius 1 is 0.600 bits per heavy atom. The molecule has 200 valence electrons. The van der Waals surface area contributed by atoms with Gasteiger partial charge in [-0.15, -0.1) is 0 Å². The maximum absolute atomic E-state index is 9.92. The normalized spacial score (nSPS) is 15.2. The van der Waals surface area contributed by atoms with E-state index in [1.165, 1.54) is 17.5 Å². The van der Waals surface area contributed by atoms with Gasteiger partial charge in [-0.2, -0.15) is 0 Å². The number of aryl methyl sites for hydroxylation is 2. The van der Waals surface area contributed by atoms with Crippen molar-refractivity contribution >= 4 is 22.2 Å². The first kappa shape index (κ1) is 24.5. The Labute approximate surface area is 231 Å². The van der Waals surface area contributed by atoms with Gasteiger partial charge in [-0.05, 0) is 110 Å². The van der Waals surface area contributed by atoms with Crippen molar-refractivity contribution in [3.8, 4) is 34.4 Å². The van der Waals surface area contributed by atoms with E-state index in [0.29, 0.717) is 11.8 Å². The van der Waals surface area contributed by atoms with Crippen LogP contribution in [-0.4, -0.2) is 20.2 Å².